The number of carbonyl (C=O) groups is 2. The lowest BCUT2D eigenvalue weighted by Crippen LogP contribution is -2.24. The number of rotatable bonds is 6. The van der Waals surface area contributed by atoms with Crippen molar-refractivity contribution in [1.29, 1.82) is 0 Å². The van der Waals surface area contributed by atoms with Crippen LogP contribution in [0.1, 0.15) is 26.4 Å². The number of para-hydroxylation sites is 2. The average molecular weight is 471 g/mol. The standard InChI is InChI=1S/C24H21N7O4/c25-17-3-1-2-4-18(17)28-23(32)15-7-5-14(6-8-15)12-27-24(33)21-22(26)30-31(29-21)16-9-10-19-20(11-16)35-13-34-19/h1-11H,12-13,25H2,(H2,26,30)(H,27,33)(H,28,32). The Balaban J connectivity index is 1.21. The van der Waals surface area contributed by atoms with Crippen molar-refractivity contribution in [2.45, 2.75) is 6.54 Å². The monoisotopic (exact) mass is 471 g/mol. The molecule has 0 spiro atoms. The fourth-order valence-corrected chi connectivity index (χ4v) is 3.45. The third kappa shape index (κ3) is 4.55. The van der Waals surface area contributed by atoms with Gasteiger partial charge in [0.1, 0.15) is 0 Å². The highest BCUT2D eigenvalue weighted by Gasteiger charge is 2.19. The van der Waals surface area contributed by atoms with E-state index in [1.54, 1.807) is 66.7 Å². The van der Waals surface area contributed by atoms with Crippen LogP contribution >= 0.6 is 0 Å². The number of aromatic nitrogens is 3. The van der Waals surface area contributed by atoms with E-state index in [0.29, 0.717) is 34.1 Å². The van der Waals surface area contributed by atoms with Crippen molar-refractivity contribution in [1.82, 2.24) is 20.3 Å². The lowest BCUT2D eigenvalue weighted by atomic mass is 10.1. The average Bonchev–Trinajstić information content (AvgIpc) is 3.50. The molecule has 1 aliphatic heterocycles. The molecule has 1 aliphatic rings. The molecule has 35 heavy (non-hydrogen) atoms. The van der Waals surface area contributed by atoms with E-state index in [1.807, 2.05) is 0 Å². The van der Waals surface area contributed by atoms with E-state index in [2.05, 4.69) is 20.8 Å². The molecule has 11 heteroatoms. The third-order valence-corrected chi connectivity index (χ3v) is 5.32. The van der Waals surface area contributed by atoms with Gasteiger partial charge < -0.3 is 31.6 Å². The number of nitrogens with zero attached hydrogens (tertiary/aromatic N) is 3. The van der Waals surface area contributed by atoms with E-state index >= 15 is 0 Å². The van der Waals surface area contributed by atoms with Crippen LogP contribution in [0.5, 0.6) is 11.5 Å². The van der Waals surface area contributed by atoms with Crippen molar-refractivity contribution in [2.24, 2.45) is 0 Å². The van der Waals surface area contributed by atoms with Gasteiger partial charge in [0.15, 0.2) is 23.0 Å². The van der Waals surface area contributed by atoms with E-state index in [-0.39, 0.29) is 30.8 Å². The van der Waals surface area contributed by atoms with Crippen molar-refractivity contribution in [2.75, 3.05) is 23.6 Å². The zero-order valence-electron chi connectivity index (χ0n) is 18.4. The Kier molecular flexibility index (Phi) is 5.63. The van der Waals surface area contributed by atoms with Gasteiger partial charge in [0.05, 0.1) is 17.1 Å². The van der Waals surface area contributed by atoms with Gasteiger partial charge in [-0.3, -0.25) is 9.59 Å². The highest BCUT2D eigenvalue weighted by Crippen LogP contribution is 2.33. The second kappa shape index (κ2) is 9.06. The van der Waals surface area contributed by atoms with Gasteiger partial charge in [0, 0.05) is 18.2 Å². The molecular formula is C24H21N7O4. The molecule has 11 nitrogen and oxygen atoms in total. The third-order valence-electron chi connectivity index (χ3n) is 5.32. The molecule has 0 saturated heterocycles. The largest absolute Gasteiger partial charge is 0.454 e. The van der Waals surface area contributed by atoms with Gasteiger partial charge in [-0.05, 0) is 42.0 Å². The van der Waals surface area contributed by atoms with Gasteiger partial charge >= 0.3 is 0 Å². The van der Waals surface area contributed by atoms with Crippen molar-refractivity contribution in [3.8, 4) is 17.2 Å². The fourth-order valence-electron chi connectivity index (χ4n) is 3.45. The molecule has 4 aromatic rings. The van der Waals surface area contributed by atoms with Gasteiger partial charge in [-0.1, -0.05) is 24.3 Å². The second-order valence-corrected chi connectivity index (χ2v) is 7.68. The van der Waals surface area contributed by atoms with Crippen LogP contribution in [0.4, 0.5) is 17.2 Å². The van der Waals surface area contributed by atoms with E-state index < -0.39 is 5.91 Å². The number of hydrogen-bond acceptors (Lipinski definition) is 8. The molecular weight excluding hydrogens is 450 g/mol. The van der Waals surface area contributed by atoms with Crippen molar-refractivity contribution >= 4 is 29.0 Å². The molecule has 3 aromatic carbocycles. The van der Waals surface area contributed by atoms with Crippen LogP contribution in [0.15, 0.2) is 66.7 Å². The summed E-state index contributed by atoms with van der Waals surface area (Å²) in [5.74, 6) is 0.419. The first kappa shape index (κ1) is 21.8. The Bertz CT molecular complexity index is 1420. The first-order valence-electron chi connectivity index (χ1n) is 10.6. The summed E-state index contributed by atoms with van der Waals surface area (Å²) in [5.41, 5.74) is 14.6. The summed E-state index contributed by atoms with van der Waals surface area (Å²) in [7, 11) is 0. The van der Waals surface area contributed by atoms with Crippen LogP contribution in [-0.4, -0.2) is 33.6 Å². The van der Waals surface area contributed by atoms with Crippen molar-refractivity contribution in [3.63, 3.8) is 0 Å². The Morgan fingerprint density at radius 3 is 2.49 bits per heavy atom. The van der Waals surface area contributed by atoms with Crippen LogP contribution in [0.2, 0.25) is 0 Å². The van der Waals surface area contributed by atoms with Gasteiger partial charge in [0.2, 0.25) is 6.79 Å². The Labute approximate surface area is 199 Å². The van der Waals surface area contributed by atoms with Crippen LogP contribution in [0.25, 0.3) is 5.69 Å². The molecule has 2 heterocycles. The maximum atomic E-state index is 12.7. The number of nitrogens with one attached hydrogen (secondary N) is 2. The first-order valence-corrected chi connectivity index (χ1v) is 10.6. The minimum absolute atomic E-state index is 0.000820. The Morgan fingerprint density at radius 2 is 1.69 bits per heavy atom. The first-order chi connectivity index (χ1) is 17.0. The maximum absolute atomic E-state index is 12.7. The van der Waals surface area contributed by atoms with E-state index in [9.17, 15) is 9.59 Å². The highest BCUT2D eigenvalue weighted by molar-refractivity contribution is 6.05. The topological polar surface area (TPSA) is 159 Å². The minimum Gasteiger partial charge on any atom is -0.454 e. The summed E-state index contributed by atoms with van der Waals surface area (Å²) >= 11 is 0. The number of anilines is 3. The van der Waals surface area contributed by atoms with Crippen molar-refractivity contribution in [3.05, 3.63) is 83.6 Å². The number of carbonyl (C=O) groups excluding carboxylic acids is 2. The highest BCUT2D eigenvalue weighted by atomic mass is 16.7. The van der Waals surface area contributed by atoms with Crippen LogP contribution in [0, 0.1) is 0 Å². The van der Waals surface area contributed by atoms with Gasteiger partial charge in [-0.25, -0.2) is 0 Å². The molecule has 0 fully saturated rings. The number of nitrogen functional groups attached to an aromatic ring is 2. The number of fused-ring (bicyclic) bond motifs is 1. The summed E-state index contributed by atoms with van der Waals surface area (Å²) in [5, 5.41) is 13.9. The van der Waals surface area contributed by atoms with Crippen molar-refractivity contribution < 1.29 is 19.1 Å². The van der Waals surface area contributed by atoms with Gasteiger partial charge in [0.25, 0.3) is 11.8 Å². The molecule has 0 bridgehead atoms. The summed E-state index contributed by atoms with van der Waals surface area (Å²) in [6.45, 7) is 0.358. The zero-order chi connectivity index (χ0) is 24.4. The summed E-state index contributed by atoms with van der Waals surface area (Å²) in [4.78, 5) is 26.4. The SMILES string of the molecule is Nc1ccccc1NC(=O)c1ccc(CNC(=O)c2nn(-c3ccc4c(c3)OCO4)nc2N)cc1. The molecule has 2 amide bonds. The molecule has 0 radical (unpaired) electrons. The van der Waals surface area contributed by atoms with Crippen LogP contribution in [-0.2, 0) is 6.54 Å². The normalized spacial score (nSPS) is 11.8. The zero-order valence-corrected chi connectivity index (χ0v) is 18.4. The van der Waals surface area contributed by atoms with Gasteiger partial charge in [-0.2, -0.15) is 0 Å². The Hall–Kier alpha value is -5.06. The molecule has 176 valence electrons. The lowest BCUT2D eigenvalue weighted by molar-refractivity contribution is 0.0945. The minimum atomic E-state index is -0.476. The summed E-state index contributed by atoms with van der Waals surface area (Å²) in [6.07, 6.45) is 0. The van der Waals surface area contributed by atoms with E-state index in [4.69, 9.17) is 20.9 Å². The number of nitrogens with two attached hydrogens (primary N) is 2. The summed E-state index contributed by atoms with van der Waals surface area (Å²) in [6, 6.07) is 19.0. The molecule has 0 atom stereocenters. The number of amides is 2. The number of hydrogen-bond donors (Lipinski definition) is 4. The summed E-state index contributed by atoms with van der Waals surface area (Å²) < 4.78 is 10.7. The predicted octanol–water partition coefficient (Wildman–Crippen LogP) is 2.34. The Morgan fingerprint density at radius 1 is 0.914 bits per heavy atom. The van der Waals surface area contributed by atoms with Crippen LogP contribution in [0.3, 0.4) is 0 Å². The van der Waals surface area contributed by atoms with Crippen LogP contribution < -0.4 is 31.6 Å². The molecule has 1 aromatic heterocycles. The van der Waals surface area contributed by atoms with E-state index in [1.165, 1.54) is 4.80 Å². The van der Waals surface area contributed by atoms with Gasteiger partial charge in [-0.15, -0.1) is 15.0 Å². The fraction of sp³-hybridized carbons (Fsp3) is 0.0833. The molecule has 5 rings (SSSR count). The lowest BCUT2D eigenvalue weighted by Gasteiger charge is -2.09. The molecule has 6 N–H and O–H groups in total. The van der Waals surface area contributed by atoms with E-state index in [0.717, 1.165) is 5.56 Å². The quantitative estimate of drug-likeness (QED) is 0.312. The molecule has 0 saturated carbocycles. The number of benzene rings is 3. The molecule has 0 aliphatic carbocycles. The molecule has 0 unspecified atom stereocenters. The predicted molar refractivity (Wildman–Crippen MR) is 128 cm³/mol. The second-order valence-electron chi connectivity index (χ2n) is 7.68. The maximum Gasteiger partial charge on any atom is 0.275 e. The smallest absolute Gasteiger partial charge is 0.275 e. The number of ether oxygens (including phenoxy) is 2.